The molecule has 0 amide bonds. The van der Waals surface area contributed by atoms with Gasteiger partial charge in [-0.25, -0.2) is 0 Å². The van der Waals surface area contributed by atoms with Crippen molar-refractivity contribution in [2.24, 2.45) is 0 Å². The Balaban J connectivity index is 3.35. The van der Waals surface area contributed by atoms with Gasteiger partial charge in [0.15, 0.2) is 6.10 Å². The van der Waals surface area contributed by atoms with Gasteiger partial charge in [0.2, 0.25) is 0 Å². The van der Waals surface area contributed by atoms with Crippen LogP contribution in [0.15, 0.2) is 0 Å². The zero-order valence-corrected chi connectivity index (χ0v) is 19.1. The van der Waals surface area contributed by atoms with E-state index in [-0.39, 0.29) is 25.6 Å². The Kier molecular flexibility index (Phi) is 20.8. The Morgan fingerprint density at radius 3 is 1.55 bits per heavy atom. The summed E-state index contributed by atoms with van der Waals surface area (Å²) in [6.45, 7) is 3.54. The molecule has 0 aliphatic carbocycles. The SMILES string of the molecule is CCCCCCCCCCCCCCCCCC(=O)OC[C@H](CO)OC(=O)CC. The van der Waals surface area contributed by atoms with Crippen LogP contribution in [-0.2, 0) is 19.1 Å². The third-order valence-corrected chi connectivity index (χ3v) is 5.21. The van der Waals surface area contributed by atoms with Crippen molar-refractivity contribution in [3.63, 3.8) is 0 Å². The molecule has 0 saturated heterocycles. The zero-order valence-electron chi connectivity index (χ0n) is 19.1. The Bertz CT molecular complexity index is 383. The number of hydrogen-bond donors (Lipinski definition) is 1. The van der Waals surface area contributed by atoms with E-state index in [9.17, 15) is 9.59 Å². The summed E-state index contributed by atoms with van der Waals surface area (Å²) >= 11 is 0. The van der Waals surface area contributed by atoms with Crippen LogP contribution in [0.25, 0.3) is 0 Å². The Morgan fingerprint density at radius 1 is 0.690 bits per heavy atom. The van der Waals surface area contributed by atoms with Gasteiger partial charge in [-0.2, -0.15) is 0 Å². The Labute approximate surface area is 178 Å². The van der Waals surface area contributed by atoms with Gasteiger partial charge in [-0.1, -0.05) is 104 Å². The van der Waals surface area contributed by atoms with E-state index in [1.165, 1.54) is 77.0 Å². The molecule has 0 unspecified atom stereocenters. The van der Waals surface area contributed by atoms with E-state index in [1.807, 2.05) is 0 Å². The van der Waals surface area contributed by atoms with Crippen molar-refractivity contribution in [1.82, 2.24) is 0 Å². The lowest BCUT2D eigenvalue weighted by molar-refractivity contribution is -0.161. The van der Waals surface area contributed by atoms with E-state index in [1.54, 1.807) is 6.92 Å². The topological polar surface area (TPSA) is 72.8 Å². The monoisotopic (exact) mass is 414 g/mol. The molecule has 5 nitrogen and oxygen atoms in total. The van der Waals surface area contributed by atoms with Crippen LogP contribution in [0.5, 0.6) is 0 Å². The summed E-state index contributed by atoms with van der Waals surface area (Å²) in [4.78, 5) is 22.9. The molecule has 29 heavy (non-hydrogen) atoms. The van der Waals surface area contributed by atoms with Crippen LogP contribution in [-0.4, -0.2) is 36.4 Å². The van der Waals surface area contributed by atoms with E-state index in [4.69, 9.17) is 14.6 Å². The summed E-state index contributed by atoms with van der Waals surface area (Å²) in [6.07, 6.45) is 19.2. The normalized spacial score (nSPS) is 12.0. The number of ether oxygens (including phenoxy) is 2. The Hall–Kier alpha value is -1.10. The number of esters is 2. The van der Waals surface area contributed by atoms with Crippen molar-refractivity contribution in [2.45, 2.75) is 129 Å². The fourth-order valence-electron chi connectivity index (χ4n) is 3.29. The average Bonchev–Trinajstić information content (AvgIpc) is 2.73. The van der Waals surface area contributed by atoms with Crippen molar-refractivity contribution in [3.8, 4) is 0 Å². The molecule has 1 atom stereocenters. The van der Waals surface area contributed by atoms with E-state index in [0.29, 0.717) is 6.42 Å². The molecular formula is C24H46O5. The van der Waals surface area contributed by atoms with Crippen molar-refractivity contribution in [3.05, 3.63) is 0 Å². The average molecular weight is 415 g/mol. The lowest BCUT2D eigenvalue weighted by Crippen LogP contribution is -2.28. The standard InChI is InChI=1S/C24H46O5/c1-3-5-6-7-8-9-10-11-12-13-14-15-16-17-18-19-24(27)28-21-22(20-25)29-23(26)4-2/h22,25H,3-21H2,1-2H3/t22-/m0/s1. The summed E-state index contributed by atoms with van der Waals surface area (Å²) in [6, 6.07) is 0. The lowest BCUT2D eigenvalue weighted by Gasteiger charge is -2.15. The van der Waals surface area contributed by atoms with Crippen LogP contribution in [0.1, 0.15) is 123 Å². The molecule has 0 fully saturated rings. The van der Waals surface area contributed by atoms with Gasteiger partial charge < -0.3 is 14.6 Å². The maximum Gasteiger partial charge on any atom is 0.305 e. The fraction of sp³-hybridized carbons (Fsp3) is 0.917. The van der Waals surface area contributed by atoms with Crippen LogP contribution in [0.4, 0.5) is 0 Å². The molecule has 0 aromatic rings. The van der Waals surface area contributed by atoms with Crippen molar-refractivity contribution < 1.29 is 24.2 Å². The van der Waals surface area contributed by atoms with Gasteiger partial charge in [-0.05, 0) is 6.42 Å². The van der Waals surface area contributed by atoms with Crippen LogP contribution in [0.2, 0.25) is 0 Å². The molecule has 172 valence electrons. The summed E-state index contributed by atoms with van der Waals surface area (Å²) < 4.78 is 10.0. The molecule has 0 aliphatic heterocycles. The van der Waals surface area contributed by atoms with E-state index >= 15 is 0 Å². The molecular weight excluding hydrogens is 368 g/mol. The molecule has 0 aromatic carbocycles. The predicted octanol–water partition coefficient (Wildman–Crippen LogP) is 6.11. The number of aliphatic hydroxyl groups is 1. The molecule has 5 heteroatoms. The minimum Gasteiger partial charge on any atom is -0.462 e. The zero-order chi connectivity index (χ0) is 21.6. The van der Waals surface area contributed by atoms with E-state index in [0.717, 1.165) is 19.3 Å². The van der Waals surface area contributed by atoms with Crippen molar-refractivity contribution in [1.29, 1.82) is 0 Å². The van der Waals surface area contributed by atoms with E-state index < -0.39 is 12.1 Å². The van der Waals surface area contributed by atoms with Gasteiger partial charge in [0.25, 0.3) is 0 Å². The second kappa shape index (κ2) is 21.6. The van der Waals surface area contributed by atoms with Crippen LogP contribution < -0.4 is 0 Å². The third-order valence-electron chi connectivity index (χ3n) is 5.21. The molecule has 0 heterocycles. The highest BCUT2D eigenvalue weighted by Crippen LogP contribution is 2.13. The van der Waals surface area contributed by atoms with Crippen LogP contribution in [0.3, 0.4) is 0 Å². The molecule has 0 aromatic heterocycles. The predicted molar refractivity (Wildman–Crippen MR) is 118 cm³/mol. The Morgan fingerprint density at radius 2 is 1.14 bits per heavy atom. The number of carbonyl (C=O) groups excluding carboxylic acids is 2. The van der Waals surface area contributed by atoms with Gasteiger partial charge in [0.1, 0.15) is 6.61 Å². The quantitative estimate of drug-likeness (QED) is 0.181. The molecule has 0 saturated carbocycles. The first kappa shape index (κ1) is 27.9. The fourth-order valence-corrected chi connectivity index (χ4v) is 3.29. The number of carbonyl (C=O) groups is 2. The van der Waals surface area contributed by atoms with Crippen LogP contribution in [0, 0.1) is 0 Å². The third kappa shape index (κ3) is 20.0. The van der Waals surface area contributed by atoms with Crippen LogP contribution >= 0.6 is 0 Å². The molecule has 1 N–H and O–H groups in total. The second-order valence-electron chi connectivity index (χ2n) is 8.03. The lowest BCUT2D eigenvalue weighted by atomic mass is 10.0. The number of hydrogen-bond acceptors (Lipinski definition) is 5. The smallest absolute Gasteiger partial charge is 0.305 e. The highest BCUT2D eigenvalue weighted by molar-refractivity contribution is 5.70. The van der Waals surface area contributed by atoms with Gasteiger partial charge >= 0.3 is 11.9 Å². The van der Waals surface area contributed by atoms with Gasteiger partial charge in [-0.15, -0.1) is 0 Å². The highest BCUT2D eigenvalue weighted by Gasteiger charge is 2.14. The second-order valence-corrected chi connectivity index (χ2v) is 8.03. The maximum absolute atomic E-state index is 11.7. The first-order valence-corrected chi connectivity index (χ1v) is 12.1. The number of rotatable bonds is 21. The first-order valence-electron chi connectivity index (χ1n) is 12.1. The minimum atomic E-state index is -0.757. The molecule has 0 bridgehead atoms. The largest absolute Gasteiger partial charge is 0.462 e. The highest BCUT2D eigenvalue weighted by atomic mass is 16.6. The summed E-state index contributed by atoms with van der Waals surface area (Å²) in [7, 11) is 0. The van der Waals surface area contributed by atoms with Gasteiger partial charge in [0.05, 0.1) is 6.61 Å². The number of aliphatic hydroxyl groups excluding tert-OH is 1. The summed E-state index contributed by atoms with van der Waals surface area (Å²) in [5.74, 6) is -0.687. The number of unbranched alkanes of at least 4 members (excludes halogenated alkanes) is 14. The molecule has 0 aliphatic rings. The summed E-state index contributed by atoms with van der Waals surface area (Å²) in [5, 5.41) is 9.13. The minimum absolute atomic E-state index is 0.0696. The summed E-state index contributed by atoms with van der Waals surface area (Å²) in [5.41, 5.74) is 0. The molecule has 0 radical (unpaired) electrons. The van der Waals surface area contributed by atoms with Crippen molar-refractivity contribution in [2.75, 3.05) is 13.2 Å². The van der Waals surface area contributed by atoms with E-state index in [2.05, 4.69) is 6.92 Å². The molecule has 0 rings (SSSR count). The maximum atomic E-state index is 11.7. The first-order chi connectivity index (χ1) is 14.1. The van der Waals surface area contributed by atoms with Crippen molar-refractivity contribution >= 4 is 11.9 Å². The van der Waals surface area contributed by atoms with Gasteiger partial charge in [-0.3, -0.25) is 9.59 Å². The molecule has 0 spiro atoms. The van der Waals surface area contributed by atoms with Gasteiger partial charge in [0, 0.05) is 12.8 Å².